The van der Waals surface area contributed by atoms with E-state index in [1.807, 2.05) is 0 Å². The molecule has 2 aliphatic rings. The fourth-order valence-corrected chi connectivity index (χ4v) is 3.57. The zero-order valence-corrected chi connectivity index (χ0v) is 14.4. The molecule has 0 aromatic heterocycles. The average molecular weight is 319 g/mol. The van der Waals surface area contributed by atoms with Crippen LogP contribution in [0.3, 0.4) is 0 Å². The third kappa shape index (κ3) is 4.23. The van der Waals surface area contributed by atoms with E-state index in [1.54, 1.807) is 7.11 Å². The smallest absolute Gasteiger partial charge is 0.121 e. The molecule has 0 aliphatic carbocycles. The molecule has 0 radical (unpaired) electrons. The number of aryl methyl sites for hydroxylation is 1. The molecule has 23 heavy (non-hydrogen) atoms. The van der Waals surface area contributed by atoms with Crippen LogP contribution in [0.2, 0.25) is 0 Å². The van der Waals surface area contributed by atoms with Gasteiger partial charge in [-0.3, -0.25) is 9.80 Å². The maximum atomic E-state index is 5.55. The Balaban J connectivity index is 1.79. The molecule has 1 atom stereocenters. The van der Waals surface area contributed by atoms with Crippen molar-refractivity contribution in [3.05, 3.63) is 29.3 Å². The highest BCUT2D eigenvalue weighted by Crippen LogP contribution is 2.27. The van der Waals surface area contributed by atoms with Gasteiger partial charge in [0, 0.05) is 51.9 Å². The van der Waals surface area contributed by atoms with Gasteiger partial charge in [0.1, 0.15) is 5.75 Å². The van der Waals surface area contributed by atoms with Gasteiger partial charge in [0.2, 0.25) is 0 Å². The molecule has 128 valence electrons. The molecule has 2 aliphatic heterocycles. The summed E-state index contributed by atoms with van der Waals surface area (Å²) >= 11 is 0. The summed E-state index contributed by atoms with van der Waals surface area (Å²) < 4.78 is 11.0. The number of benzene rings is 1. The van der Waals surface area contributed by atoms with E-state index in [4.69, 9.17) is 9.47 Å². The molecule has 1 N–H and O–H groups in total. The van der Waals surface area contributed by atoms with E-state index in [1.165, 1.54) is 11.1 Å². The van der Waals surface area contributed by atoms with Crippen molar-refractivity contribution in [1.82, 2.24) is 15.1 Å². The van der Waals surface area contributed by atoms with E-state index in [9.17, 15) is 0 Å². The van der Waals surface area contributed by atoms with Crippen LogP contribution in [0.15, 0.2) is 18.2 Å². The van der Waals surface area contributed by atoms with Gasteiger partial charge in [-0.1, -0.05) is 12.1 Å². The number of morpholine rings is 1. The molecule has 3 rings (SSSR count). The lowest BCUT2D eigenvalue weighted by molar-refractivity contribution is 0.00666. The topological polar surface area (TPSA) is 37.0 Å². The molecule has 1 aromatic rings. The first-order valence-electron chi connectivity index (χ1n) is 8.67. The van der Waals surface area contributed by atoms with Crippen LogP contribution in [0.5, 0.6) is 5.75 Å². The monoisotopic (exact) mass is 319 g/mol. The van der Waals surface area contributed by atoms with Crippen LogP contribution in [-0.4, -0.2) is 75.9 Å². The number of nitrogens with one attached hydrogen (secondary N) is 1. The van der Waals surface area contributed by atoms with Gasteiger partial charge in [-0.25, -0.2) is 0 Å². The maximum Gasteiger partial charge on any atom is 0.121 e. The molecule has 5 nitrogen and oxygen atoms in total. The summed E-state index contributed by atoms with van der Waals surface area (Å²) in [6, 6.07) is 7.06. The lowest BCUT2D eigenvalue weighted by atomic mass is 10.0. The number of ether oxygens (including phenoxy) is 2. The van der Waals surface area contributed by atoms with Gasteiger partial charge in [0.25, 0.3) is 0 Å². The third-order valence-electron chi connectivity index (χ3n) is 4.93. The molecular formula is C18H29N3O2. The second-order valence-electron chi connectivity index (χ2n) is 6.44. The highest BCUT2D eigenvalue weighted by atomic mass is 16.5. The van der Waals surface area contributed by atoms with E-state index in [-0.39, 0.29) is 0 Å². The summed E-state index contributed by atoms with van der Waals surface area (Å²) in [5.74, 6) is 0.969. The second-order valence-corrected chi connectivity index (χ2v) is 6.44. The van der Waals surface area contributed by atoms with Crippen molar-refractivity contribution >= 4 is 0 Å². The van der Waals surface area contributed by atoms with Crippen molar-refractivity contribution in [1.29, 1.82) is 0 Å². The number of methoxy groups -OCH3 is 1. The van der Waals surface area contributed by atoms with E-state index in [0.29, 0.717) is 6.04 Å². The first-order valence-corrected chi connectivity index (χ1v) is 8.67. The Morgan fingerprint density at radius 1 is 1.17 bits per heavy atom. The lowest BCUT2D eigenvalue weighted by Gasteiger charge is -2.39. The minimum atomic E-state index is 0.432. The molecule has 0 amide bonds. The summed E-state index contributed by atoms with van der Waals surface area (Å²) in [5, 5.41) is 3.44. The highest BCUT2D eigenvalue weighted by molar-refractivity contribution is 5.37. The Labute approximate surface area is 139 Å². The predicted octanol–water partition coefficient (Wildman–Crippen LogP) is 1.28. The van der Waals surface area contributed by atoms with Gasteiger partial charge in [0.05, 0.1) is 20.3 Å². The standard InChI is InChI=1S/C18H29N3O2/c1-15-13-16(3-4-18(15)22-2)17(21-9-11-23-12-10-21)14-20-7-5-19-6-8-20/h3-4,13,17,19H,5-12,14H2,1-2H3. The molecule has 2 fully saturated rings. The number of piperazine rings is 1. The Morgan fingerprint density at radius 3 is 2.57 bits per heavy atom. The zero-order chi connectivity index (χ0) is 16.1. The summed E-state index contributed by atoms with van der Waals surface area (Å²) in [4.78, 5) is 5.16. The highest BCUT2D eigenvalue weighted by Gasteiger charge is 2.26. The van der Waals surface area contributed by atoms with Gasteiger partial charge in [-0.15, -0.1) is 0 Å². The molecule has 5 heteroatoms. The van der Waals surface area contributed by atoms with E-state index in [2.05, 4.69) is 40.2 Å². The Hall–Kier alpha value is -1.14. The van der Waals surface area contributed by atoms with Gasteiger partial charge in [-0.05, 0) is 24.1 Å². The van der Waals surface area contributed by atoms with Crippen molar-refractivity contribution in [2.45, 2.75) is 13.0 Å². The molecular weight excluding hydrogens is 290 g/mol. The number of hydrogen-bond acceptors (Lipinski definition) is 5. The second kappa shape index (κ2) is 8.11. The third-order valence-corrected chi connectivity index (χ3v) is 4.93. The zero-order valence-electron chi connectivity index (χ0n) is 14.4. The molecule has 1 aromatic carbocycles. The van der Waals surface area contributed by atoms with E-state index < -0.39 is 0 Å². The molecule has 1 unspecified atom stereocenters. The molecule has 0 saturated carbocycles. The van der Waals surface area contributed by atoms with E-state index in [0.717, 1.165) is 64.8 Å². The Morgan fingerprint density at radius 2 is 1.91 bits per heavy atom. The average Bonchev–Trinajstić information content (AvgIpc) is 2.61. The Kier molecular flexibility index (Phi) is 5.89. The van der Waals surface area contributed by atoms with E-state index >= 15 is 0 Å². The maximum absolute atomic E-state index is 5.55. The molecule has 0 spiro atoms. The van der Waals surface area contributed by atoms with Crippen molar-refractivity contribution in [2.24, 2.45) is 0 Å². The summed E-state index contributed by atoms with van der Waals surface area (Å²) in [5.41, 5.74) is 2.60. The first kappa shape index (κ1) is 16.7. The minimum absolute atomic E-state index is 0.432. The van der Waals surface area contributed by atoms with Crippen molar-refractivity contribution < 1.29 is 9.47 Å². The quantitative estimate of drug-likeness (QED) is 0.885. The van der Waals surface area contributed by atoms with Gasteiger partial charge >= 0.3 is 0 Å². The number of rotatable bonds is 5. The largest absolute Gasteiger partial charge is 0.496 e. The summed E-state index contributed by atoms with van der Waals surface area (Å²) in [7, 11) is 1.74. The number of hydrogen-bond donors (Lipinski definition) is 1. The Bertz CT molecular complexity index is 497. The van der Waals surface area contributed by atoms with Gasteiger partial charge in [-0.2, -0.15) is 0 Å². The fourth-order valence-electron chi connectivity index (χ4n) is 3.57. The van der Waals surface area contributed by atoms with Crippen molar-refractivity contribution in [3.63, 3.8) is 0 Å². The molecule has 0 bridgehead atoms. The van der Waals surface area contributed by atoms with Gasteiger partial charge in [0.15, 0.2) is 0 Å². The van der Waals surface area contributed by atoms with Crippen LogP contribution in [0.1, 0.15) is 17.2 Å². The van der Waals surface area contributed by atoms with Crippen LogP contribution < -0.4 is 10.1 Å². The van der Waals surface area contributed by atoms with Crippen LogP contribution in [0, 0.1) is 6.92 Å². The van der Waals surface area contributed by atoms with Crippen LogP contribution in [0.4, 0.5) is 0 Å². The summed E-state index contributed by atoms with van der Waals surface area (Å²) in [6.07, 6.45) is 0. The van der Waals surface area contributed by atoms with Crippen molar-refractivity contribution in [3.8, 4) is 5.75 Å². The minimum Gasteiger partial charge on any atom is -0.496 e. The first-order chi connectivity index (χ1) is 11.3. The van der Waals surface area contributed by atoms with Crippen molar-refractivity contribution in [2.75, 3.05) is 66.1 Å². The fraction of sp³-hybridized carbons (Fsp3) is 0.667. The summed E-state index contributed by atoms with van der Waals surface area (Å²) in [6.45, 7) is 11.4. The van der Waals surface area contributed by atoms with Crippen LogP contribution in [-0.2, 0) is 4.74 Å². The van der Waals surface area contributed by atoms with Crippen LogP contribution in [0.25, 0.3) is 0 Å². The number of nitrogens with zero attached hydrogens (tertiary/aromatic N) is 2. The van der Waals surface area contributed by atoms with Crippen LogP contribution >= 0.6 is 0 Å². The molecule has 2 saturated heterocycles. The predicted molar refractivity (Wildman–Crippen MR) is 92.2 cm³/mol. The lowest BCUT2D eigenvalue weighted by Crippen LogP contribution is -2.49. The molecule has 2 heterocycles. The van der Waals surface area contributed by atoms with Gasteiger partial charge < -0.3 is 14.8 Å². The normalized spacial score (nSPS) is 22.0. The SMILES string of the molecule is COc1ccc(C(CN2CCNCC2)N2CCOCC2)cc1C.